The number of aldehydes is 1. The quantitative estimate of drug-likeness (QED) is 0.504. The van der Waals surface area contributed by atoms with Crippen LogP contribution in [-0.4, -0.2) is 11.8 Å². The lowest BCUT2D eigenvalue weighted by molar-refractivity contribution is -0.105. The van der Waals surface area contributed by atoms with Gasteiger partial charge in [0.15, 0.2) is 6.29 Å². The number of halogens is 2. The van der Waals surface area contributed by atoms with E-state index in [9.17, 15) is 4.79 Å². The molecule has 102 valence electrons. The summed E-state index contributed by atoms with van der Waals surface area (Å²) in [5.74, 6) is 1.15. The van der Waals surface area contributed by atoms with E-state index in [-0.39, 0.29) is 0 Å². The molecule has 0 fully saturated rings. The Balaban J connectivity index is 2.30. The average molecular weight is 326 g/mol. The fourth-order valence-corrected chi connectivity index (χ4v) is 2.00. The monoisotopic (exact) mass is 325 g/mol. The molecule has 1 heterocycles. The van der Waals surface area contributed by atoms with Gasteiger partial charge in [-0.3, -0.25) is 4.79 Å². The van der Waals surface area contributed by atoms with Gasteiger partial charge in [0.05, 0.1) is 21.2 Å². The molecule has 1 N–H and O–H groups in total. The Morgan fingerprint density at radius 2 is 2.00 bits per heavy atom. The van der Waals surface area contributed by atoms with Gasteiger partial charge in [0.25, 0.3) is 0 Å². The summed E-state index contributed by atoms with van der Waals surface area (Å²) < 4.78 is 5.62. The highest BCUT2D eigenvalue weighted by Gasteiger charge is 2.06. The number of nitrogens with one attached hydrogen (secondary N) is 1. The second kappa shape index (κ2) is 6.70. The lowest BCUT2D eigenvalue weighted by atomic mass is 10.2. The maximum Gasteiger partial charge on any atom is 0.166 e. The van der Waals surface area contributed by atoms with Crippen LogP contribution in [0.4, 0.5) is 0 Å². The molecule has 2 rings (SSSR count). The maximum absolute atomic E-state index is 10.8. The molecule has 20 heavy (non-hydrogen) atoms. The molecule has 0 amide bonds. The first-order chi connectivity index (χ1) is 9.63. The average Bonchev–Trinajstić information content (AvgIpc) is 2.90. The molecule has 0 saturated carbocycles. The van der Waals surface area contributed by atoms with Crippen molar-refractivity contribution in [2.24, 2.45) is 0 Å². The molecule has 1 aromatic carbocycles. The molecule has 6 heteroatoms. The number of carbonyl (C=O) groups excluding carboxylic acids is 1. The van der Waals surface area contributed by atoms with E-state index in [4.69, 9.17) is 27.6 Å². The van der Waals surface area contributed by atoms with E-state index >= 15 is 0 Å². The standard InChI is InChI=1S/C14H9Cl2NO2S/c15-12-3-1-9(5-13(12)16)14-4-2-11(19-14)6-10(7-18)17-8-20/h1-8H,(H,17,20)/b10-6+. The molecular weight excluding hydrogens is 317 g/mol. The van der Waals surface area contributed by atoms with Crippen LogP contribution in [0.15, 0.2) is 40.4 Å². The van der Waals surface area contributed by atoms with Gasteiger partial charge in [-0.05, 0) is 30.3 Å². The van der Waals surface area contributed by atoms with Crippen LogP contribution >= 0.6 is 35.4 Å². The second-order valence-electron chi connectivity index (χ2n) is 3.81. The smallest absolute Gasteiger partial charge is 0.166 e. The largest absolute Gasteiger partial charge is 0.457 e. The van der Waals surface area contributed by atoms with Crippen LogP contribution in [0.25, 0.3) is 17.4 Å². The predicted octanol–water partition coefficient (Wildman–Crippen LogP) is 4.34. The van der Waals surface area contributed by atoms with E-state index in [1.54, 1.807) is 36.4 Å². The van der Waals surface area contributed by atoms with Crippen LogP contribution < -0.4 is 5.32 Å². The Morgan fingerprint density at radius 1 is 1.20 bits per heavy atom. The van der Waals surface area contributed by atoms with E-state index in [0.29, 0.717) is 33.5 Å². The molecule has 0 unspecified atom stereocenters. The van der Waals surface area contributed by atoms with Gasteiger partial charge >= 0.3 is 0 Å². The van der Waals surface area contributed by atoms with Crippen molar-refractivity contribution in [3.8, 4) is 11.3 Å². The molecule has 0 atom stereocenters. The SMILES string of the molecule is O=C/C(=C\c1ccc(-c2ccc(Cl)c(Cl)c2)o1)NC=S. The van der Waals surface area contributed by atoms with Gasteiger partial charge in [0, 0.05) is 11.6 Å². The minimum atomic E-state index is 0.315. The normalized spacial score (nSPS) is 11.2. The molecular formula is C14H9Cl2NO2S. The van der Waals surface area contributed by atoms with Crippen molar-refractivity contribution in [1.29, 1.82) is 0 Å². The van der Waals surface area contributed by atoms with Gasteiger partial charge in [-0.1, -0.05) is 35.4 Å². The number of benzene rings is 1. The van der Waals surface area contributed by atoms with Crippen molar-refractivity contribution in [2.45, 2.75) is 0 Å². The summed E-state index contributed by atoms with van der Waals surface area (Å²) in [4.78, 5) is 10.8. The van der Waals surface area contributed by atoms with Crippen LogP contribution in [0, 0.1) is 0 Å². The fraction of sp³-hybridized carbons (Fsp3) is 0. The minimum Gasteiger partial charge on any atom is -0.457 e. The molecule has 1 aromatic heterocycles. The van der Waals surface area contributed by atoms with Gasteiger partial charge in [-0.2, -0.15) is 0 Å². The Morgan fingerprint density at radius 3 is 2.65 bits per heavy atom. The van der Waals surface area contributed by atoms with E-state index in [1.807, 2.05) is 0 Å². The Labute approximate surface area is 131 Å². The Kier molecular flexibility index (Phi) is 4.95. The van der Waals surface area contributed by atoms with Gasteiger partial charge < -0.3 is 9.73 Å². The van der Waals surface area contributed by atoms with Crippen LogP contribution in [0.5, 0.6) is 0 Å². The van der Waals surface area contributed by atoms with Crippen LogP contribution in [-0.2, 0) is 4.79 Å². The molecule has 0 aliphatic carbocycles. The molecule has 0 radical (unpaired) electrons. The number of thiocarbonyl (C=S) groups is 1. The molecule has 2 aromatic rings. The summed E-state index contributed by atoms with van der Waals surface area (Å²) >= 11 is 16.4. The zero-order valence-electron chi connectivity index (χ0n) is 10.1. The Bertz CT molecular complexity index is 680. The number of furan rings is 1. The lowest BCUT2D eigenvalue weighted by Crippen LogP contribution is -2.09. The minimum absolute atomic E-state index is 0.315. The summed E-state index contributed by atoms with van der Waals surface area (Å²) in [7, 11) is 0. The van der Waals surface area contributed by atoms with Crippen molar-refractivity contribution < 1.29 is 9.21 Å². The van der Waals surface area contributed by atoms with E-state index in [2.05, 4.69) is 17.5 Å². The summed E-state index contributed by atoms with van der Waals surface area (Å²) in [6.45, 7) is 0. The van der Waals surface area contributed by atoms with Crippen LogP contribution in [0.2, 0.25) is 10.0 Å². The third-order valence-corrected chi connectivity index (χ3v) is 3.34. The summed E-state index contributed by atoms with van der Waals surface area (Å²) in [6.07, 6.45) is 2.21. The summed E-state index contributed by atoms with van der Waals surface area (Å²) in [5, 5.41) is 3.57. The van der Waals surface area contributed by atoms with Gasteiger partial charge in [-0.15, -0.1) is 0 Å². The Hall–Kier alpha value is -1.62. The highest BCUT2D eigenvalue weighted by molar-refractivity contribution is 7.78. The number of carbonyl (C=O) groups is 1. The number of hydrogen-bond donors (Lipinski definition) is 1. The van der Waals surface area contributed by atoms with E-state index in [1.165, 1.54) is 5.49 Å². The first-order valence-corrected chi connectivity index (χ1v) is 6.79. The zero-order chi connectivity index (χ0) is 14.5. The molecule has 0 spiro atoms. The van der Waals surface area contributed by atoms with Crippen LogP contribution in [0.3, 0.4) is 0 Å². The molecule has 3 nitrogen and oxygen atoms in total. The number of hydrogen-bond acceptors (Lipinski definition) is 3. The van der Waals surface area contributed by atoms with Crippen molar-refractivity contribution in [3.05, 3.63) is 51.8 Å². The highest BCUT2D eigenvalue weighted by atomic mass is 35.5. The van der Waals surface area contributed by atoms with Crippen molar-refractivity contribution in [2.75, 3.05) is 0 Å². The fourth-order valence-electron chi connectivity index (χ4n) is 1.57. The molecule has 0 saturated heterocycles. The van der Waals surface area contributed by atoms with Gasteiger partial charge in [0.2, 0.25) is 0 Å². The molecule has 0 aliphatic heterocycles. The zero-order valence-corrected chi connectivity index (χ0v) is 12.4. The van der Waals surface area contributed by atoms with E-state index < -0.39 is 0 Å². The first kappa shape index (κ1) is 14.8. The highest BCUT2D eigenvalue weighted by Crippen LogP contribution is 2.29. The van der Waals surface area contributed by atoms with E-state index in [0.717, 1.165) is 5.56 Å². The third-order valence-electron chi connectivity index (χ3n) is 2.48. The summed E-state index contributed by atoms with van der Waals surface area (Å²) in [6, 6.07) is 8.74. The van der Waals surface area contributed by atoms with Crippen molar-refractivity contribution in [3.63, 3.8) is 0 Å². The topological polar surface area (TPSA) is 42.2 Å². The summed E-state index contributed by atoms with van der Waals surface area (Å²) in [5.41, 5.74) is 2.37. The first-order valence-electron chi connectivity index (χ1n) is 5.56. The maximum atomic E-state index is 10.8. The van der Waals surface area contributed by atoms with Crippen LogP contribution in [0.1, 0.15) is 5.76 Å². The number of rotatable bonds is 5. The number of allylic oxidation sites excluding steroid dienone is 1. The molecule has 0 aliphatic rings. The van der Waals surface area contributed by atoms with Crippen molar-refractivity contribution >= 4 is 53.3 Å². The predicted molar refractivity (Wildman–Crippen MR) is 85.0 cm³/mol. The van der Waals surface area contributed by atoms with Gasteiger partial charge in [-0.25, -0.2) is 0 Å². The van der Waals surface area contributed by atoms with Gasteiger partial charge in [0.1, 0.15) is 11.5 Å². The molecule has 0 bridgehead atoms. The lowest BCUT2D eigenvalue weighted by Gasteiger charge is -2.00. The van der Waals surface area contributed by atoms with Crippen molar-refractivity contribution in [1.82, 2.24) is 5.32 Å². The second-order valence-corrected chi connectivity index (χ2v) is 4.86. The third kappa shape index (κ3) is 3.48.